The first-order valence-electron chi connectivity index (χ1n) is 5.71. The van der Waals surface area contributed by atoms with Crippen molar-refractivity contribution in [3.05, 3.63) is 34.7 Å². The summed E-state index contributed by atoms with van der Waals surface area (Å²) in [7, 11) is -2.40. The zero-order chi connectivity index (χ0) is 14.9. The summed E-state index contributed by atoms with van der Waals surface area (Å²) < 4.78 is 41.0. The van der Waals surface area contributed by atoms with Gasteiger partial charge in [-0.2, -0.15) is 8.42 Å². The molecule has 0 aliphatic heterocycles. The lowest BCUT2D eigenvalue weighted by Gasteiger charge is -2.22. The molecule has 20 heavy (non-hydrogen) atoms. The van der Waals surface area contributed by atoms with Crippen LogP contribution in [-0.4, -0.2) is 30.0 Å². The van der Waals surface area contributed by atoms with E-state index in [9.17, 15) is 12.8 Å². The monoisotopic (exact) mass is 362 g/mol. The van der Waals surface area contributed by atoms with Crippen molar-refractivity contribution < 1.29 is 12.8 Å². The number of hydrogen-bond acceptors (Lipinski definition) is 4. The van der Waals surface area contributed by atoms with E-state index in [2.05, 4.69) is 26.2 Å². The number of nitrogens with zero attached hydrogens (tertiary/aromatic N) is 4. The SMILES string of the molecule is CCN(c1cccc(F)c1)S(=O)(=O)c1c(Br)nnn1C. The summed E-state index contributed by atoms with van der Waals surface area (Å²) >= 11 is 3.06. The summed E-state index contributed by atoms with van der Waals surface area (Å²) in [6.07, 6.45) is 0. The Morgan fingerprint density at radius 1 is 1.45 bits per heavy atom. The van der Waals surface area contributed by atoms with Crippen LogP contribution in [-0.2, 0) is 17.1 Å². The van der Waals surface area contributed by atoms with Gasteiger partial charge in [0.05, 0.1) is 5.69 Å². The fraction of sp³-hybridized carbons (Fsp3) is 0.273. The molecule has 1 heterocycles. The van der Waals surface area contributed by atoms with Gasteiger partial charge in [-0.25, -0.2) is 9.07 Å². The van der Waals surface area contributed by atoms with Gasteiger partial charge in [-0.3, -0.25) is 4.31 Å². The van der Waals surface area contributed by atoms with Crippen molar-refractivity contribution in [2.24, 2.45) is 7.05 Å². The maximum Gasteiger partial charge on any atom is 0.284 e. The van der Waals surface area contributed by atoms with Crippen LogP contribution in [0, 0.1) is 5.82 Å². The summed E-state index contributed by atoms with van der Waals surface area (Å²) in [5.74, 6) is -0.502. The van der Waals surface area contributed by atoms with Crippen molar-refractivity contribution in [1.82, 2.24) is 15.0 Å². The smallest absolute Gasteiger partial charge is 0.265 e. The van der Waals surface area contributed by atoms with Gasteiger partial charge < -0.3 is 0 Å². The normalized spacial score (nSPS) is 11.6. The predicted molar refractivity (Wildman–Crippen MR) is 75.3 cm³/mol. The van der Waals surface area contributed by atoms with Crippen molar-refractivity contribution in [2.75, 3.05) is 10.8 Å². The second kappa shape index (κ2) is 5.49. The van der Waals surface area contributed by atoms with E-state index in [1.807, 2.05) is 0 Å². The van der Waals surface area contributed by atoms with Crippen LogP contribution in [0.3, 0.4) is 0 Å². The van der Waals surface area contributed by atoms with Crippen LogP contribution in [0.4, 0.5) is 10.1 Å². The number of halogens is 2. The largest absolute Gasteiger partial charge is 0.284 e. The van der Waals surface area contributed by atoms with E-state index in [0.717, 1.165) is 8.99 Å². The molecular weight excluding hydrogens is 351 g/mol. The van der Waals surface area contributed by atoms with Crippen LogP contribution in [0.25, 0.3) is 0 Å². The molecule has 0 amide bonds. The van der Waals surface area contributed by atoms with E-state index in [1.54, 1.807) is 6.92 Å². The van der Waals surface area contributed by atoms with E-state index < -0.39 is 15.8 Å². The number of anilines is 1. The highest BCUT2D eigenvalue weighted by Gasteiger charge is 2.30. The molecule has 9 heteroatoms. The first-order chi connectivity index (χ1) is 9.37. The molecule has 0 radical (unpaired) electrons. The van der Waals surface area contributed by atoms with Crippen LogP contribution < -0.4 is 4.31 Å². The average Bonchev–Trinajstić information content (AvgIpc) is 2.70. The molecule has 0 fully saturated rings. The highest BCUT2D eigenvalue weighted by atomic mass is 79.9. The van der Waals surface area contributed by atoms with Gasteiger partial charge in [-0.05, 0) is 41.1 Å². The van der Waals surface area contributed by atoms with Crippen molar-refractivity contribution >= 4 is 31.6 Å². The van der Waals surface area contributed by atoms with Gasteiger partial charge in [0, 0.05) is 13.6 Å². The van der Waals surface area contributed by atoms with E-state index >= 15 is 0 Å². The molecule has 0 saturated heterocycles. The summed E-state index contributed by atoms with van der Waals surface area (Å²) in [5, 5.41) is 7.23. The molecular formula is C11H12BrFN4O2S. The Kier molecular flexibility index (Phi) is 4.09. The molecule has 1 aromatic carbocycles. The maximum atomic E-state index is 13.3. The van der Waals surface area contributed by atoms with Crippen molar-refractivity contribution in [3.63, 3.8) is 0 Å². The Balaban J connectivity index is 2.57. The first-order valence-corrected chi connectivity index (χ1v) is 7.94. The minimum atomic E-state index is -3.88. The quantitative estimate of drug-likeness (QED) is 0.833. The molecule has 6 nitrogen and oxygen atoms in total. The average molecular weight is 363 g/mol. The third-order valence-electron chi connectivity index (χ3n) is 2.65. The Morgan fingerprint density at radius 2 is 2.15 bits per heavy atom. The number of benzene rings is 1. The van der Waals surface area contributed by atoms with Gasteiger partial charge in [0.2, 0.25) is 5.03 Å². The highest BCUT2D eigenvalue weighted by molar-refractivity contribution is 9.10. The van der Waals surface area contributed by atoms with Crippen LogP contribution in [0.15, 0.2) is 33.9 Å². The minimum absolute atomic E-state index is 0.0800. The van der Waals surface area contributed by atoms with E-state index in [-0.39, 0.29) is 21.9 Å². The number of aromatic nitrogens is 3. The van der Waals surface area contributed by atoms with Crippen LogP contribution in [0.1, 0.15) is 6.92 Å². The Hall–Kier alpha value is -1.48. The van der Waals surface area contributed by atoms with Gasteiger partial charge in [-0.1, -0.05) is 11.3 Å². The highest BCUT2D eigenvalue weighted by Crippen LogP contribution is 2.27. The molecule has 0 saturated carbocycles. The molecule has 1 aromatic heterocycles. The molecule has 2 rings (SSSR count). The zero-order valence-corrected chi connectivity index (χ0v) is 13.2. The van der Waals surface area contributed by atoms with Crippen LogP contribution in [0.5, 0.6) is 0 Å². The number of rotatable bonds is 4. The third-order valence-corrected chi connectivity index (χ3v) is 5.45. The summed E-state index contributed by atoms with van der Waals surface area (Å²) in [6.45, 7) is 1.82. The lowest BCUT2D eigenvalue weighted by molar-refractivity contribution is 0.569. The van der Waals surface area contributed by atoms with Crippen molar-refractivity contribution in [2.45, 2.75) is 11.9 Å². The van der Waals surface area contributed by atoms with E-state index in [4.69, 9.17) is 0 Å². The van der Waals surface area contributed by atoms with Gasteiger partial charge in [0.25, 0.3) is 10.0 Å². The summed E-state index contributed by atoms with van der Waals surface area (Å²) in [4.78, 5) is 0. The second-order valence-corrected chi connectivity index (χ2v) is 6.49. The molecule has 0 aliphatic carbocycles. The second-order valence-electron chi connectivity index (χ2n) is 3.96. The Labute approximate surface area is 124 Å². The summed E-state index contributed by atoms with van der Waals surface area (Å²) in [5.41, 5.74) is 0.251. The Morgan fingerprint density at radius 3 is 2.65 bits per heavy atom. The lowest BCUT2D eigenvalue weighted by Crippen LogP contribution is -2.32. The first kappa shape index (κ1) is 14.9. The van der Waals surface area contributed by atoms with Gasteiger partial charge in [-0.15, -0.1) is 5.10 Å². The van der Waals surface area contributed by atoms with E-state index in [1.165, 1.54) is 31.3 Å². The van der Waals surface area contributed by atoms with Gasteiger partial charge in [0.15, 0.2) is 4.60 Å². The van der Waals surface area contributed by atoms with Gasteiger partial charge >= 0.3 is 0 Å². The topological polar surface area (TPSA) is 68.1 Å². The molecule has 0 atom stereocenters. The third kappa shape index (κ3) is 2.55. The zero-order valence-electron chi connectivity index (χ0n) is 10.8. The fourth-order valence-electron chi connectivity index (χ4n) is 1.82. The molecule has 108 valence electrons. The lowest BCUT2D eigenvalue weighted by atomic mass is 10.3. The predicted octanol–water partition coefficient (Wildman–Crippen LogP) is 1.93. The van der Waals surface area contributed by atoms with Crippen molar-refractivity contribution in [3.8, 4) is 0 Å². The van der Waals surface area contributed by atoms with Gasteiger partial charge in [0.1, 0.15) is 5.82 Å². The summed E-state index contributed by atoms with van der Waals surface area (Å²) in [6, 6.07) is 5.41. The Bertz CT molecular complexity index is 712. The number of sulfonamides is 1. The molecule has 0 bridgehead atoms. The fourth-order valence-corrected chi connectivity index (χ4v) is 4.33. The van der Waals surface area contributed by atoms with Crippen LogP contribution >= 0.6 is 15.9 Å². The number of hydrogen-bond donors (Lipinski definition) is 0. The minimum Gasteiger partial charge on any atom is -0.265 e. The van der Waals surface area contributed by atoms with Crippen molar-refractivity contribution in [1.29, 1.82) is 0 Å². The molecule has 2 aromatic rings. The standard InChI is InChI=1S/C11H12BrFN4O2S/c1-3-17(9-6-4-5-8(13)7-9)20(18,19)11-10(12)14-15-16(11)2/h4-7H,3H2,1-2H3. The molecule has 0 unspecified atom stereocenters. The molecule has 0 aliphatic rings. The van der Waals surface area contributed by atoms with Crippen LogP contribution in [0.2, 0.25) is 0 Å². The molecule has 0 spiro atoms. The number of aryl methyl sites for hydroxylation is 1. The molecule has 0 N–H and O–H groups in total. The maximum absolute atomic E-state index is 13.3. The van der Waals surface area contributed by atoms with E-state index in [0.29, 0.717) is 0 Å².